The number of aryl methyl sites for hydroxylation is 1. The van der Waals surface area contributed by atoms with Crippen molar-refractivity contribution in [1.29, 1.82) is 0 Å². The second-order valence-corrected chi connectivity index (χ2v) is 3.83. The highest BCUT2D eigenvalue weighted by Gasteiger charge is 2.21. The Morgan fingerprint density at radius 2 is 2.25 bits per heavy atom. The SMILES string of the molecule is Cn1cc(-c2ccc3c(c2)OCC3=O)cn1. The lowest BCUT2D eigenvalue weighted by molar-refractivity contribution is 0.0961. The quantitative estimate of drug-likeness (QED) is 0.725. The van der Waals surface area contributed by atoms with E-state index in [-0.39, 0.29) is 12.4 Å². The highest BCUT2D eigenvalue weighted by Crippen LogP contribution is 2.30. The van der Waals surface area contributed by atoms with Crippen LogP contribution in [0.5, 0.6) is 5.75 Å². The van der Waals surface area contributed by atoms with Crippen LogP contribution in [0.3, 0.4) is 0 Å². The molecule has 1 aliphatic heterocycles. The normalized spacial score (nSPS) is 13.7. The number of hydrogen-bond acceptors (Lipinski definition) is 3. The van der Waals surface area contributed by atoms with Crippen molar-refractivity contribution in [2.45, 2.75) is 0 Å². The fraction of sp³-hybridized carbons (Fsp3) is 0.167. The van der Waals surface area contributed by atoms with Crippen LogP contribution in [0.25, 0.3) is 11.1 Å². The van der Waals surface area contributed by atoms with Crippen molar-refractivity contribution < 1.29 is 9.53 Å². The zero-order valence-corrected chi connectivity index (χ0v) is 8.80. The maximum atomic E-state index is 11.4. The molecule has 3 rings (SSSR count). The lowest BCUT2D eigenvalue weighted by Crippen LogP contribution is -1.98. The Labute approximate surface area is 92.5 Å². The Morgan fingerprint density at radius 3 is 3.00 bits per heavy atom. The average Bonchev–Trinajstić information content (AvgIpc) is 2.86. The van der Waals surface area contributed by atoms with Gasteiger partial charge in [0.2, 0.25) is 5.78 Å². The van der Waals surface area contributed by atoms with Gasteiger partial charge in [0.1, 0.15) is 5.75 Å². The van der Waals surface area contributed by atoms with Crippen LogP contribution < -0.4 is 4.74 Å². The summed E-state index contributed by atoms with van der Waals surface area (Å²) in [6, 6.07) is 5.62. The van der Waals surface area contributed by atoms with Crippen molar-refractivity contribution in [3.63, 3.8) is 0 Å². The Balaban J connectivity index is 2.08. The molecule has 0 amide bonds. The summed E-state index contributed by atoms with van der Waals surface area (Å²) in [5.74, 6) is 0.721. The zero-order chi connectivity index (χ0) is 11.1. The number of hydrogen-bond donors (Lipinski definition) is 0. The number of aromatic nitrogens is 2. The molecule has 1 aliphatic rings. The summed E-state index contributed by atoms with van der Waals surface area (Å²) in [5, 5.41) is 4.11. The van der Waals surface area contributed by atoms with Crippen LogP contribution in [-0.4, -0.2) is 22.2 Å². The average molecular weight is 214 g/mol. The van der Waals surface area contributed by atoms with E-state index >= 15 is 0 Å². The summed E-state index contributed by atoms with van der Waals surface area (Å²) in [7, 11) is 1.87. The Bertz CT molecular complexity index is 572. The third-order valence-electron chi connectivity index (χ3n) is 2.68. The smallest absolute Gasteiger partial charge is 0.203 e. The van der Waals surface area contributed by atoms with Gasteiger partial charge >= 0.3 is 0 Å². The number of ether oxygens (including phenoxy) is 1. The monoisotopic (exact) mass is 214 g/mol. The minimum Gasteiger partial charge on any atom is -0.485 e. The van der Waals surface area contributed by atoms with Gasteiger partial charge in [-0.25, -0.2) is 0 Å². The minimum absolute atomic E-state index is 0.0488. The van der Waals surface area contributed by atoms with Gasteiger partial charge in [-0.3, -0.25) is 9.48 Å². The second-order valence-electron chi connectivity index (χ2n) is 3.83. The summed E-state index contributed by atoms with van der Waals surface area (Å²) < 4.78 is 7.05. The van der Waals surface area contributed by atoms with Gasteiger partial charge in [0.15, 0.2) is 6.61 Å². The molecular formula is C12H10N2O2. The number of ketones is 1. The fourth-order valence-electron chi connectivity index (χ4n) is 1.84. The van der Waals surface area contributed by atoms with Gasteiger partial charge in [-0.1, -0.05) is 6.07 Å². The number of benzene rings is 1. The standard InChI is InChI=1S/C12H10N2O2/c1-14-6-9(5-13-14)8-2-3-10-11(15)7-16-12(10)4-8/h2-6H,7H2,1H3. The summed E-state index contributed by atoms with van der Waals surface area (Å²) in [6.07, 6.45) is 3.72. The summed E-state index contributed by atoms with van der Waals surface area (Å²) in [6.45, 7) is 0.159. The van der Waals surface area contributed by atoms with Crippen LogP contribution in [0.4, 0.5) is 0 Å². The molecule has 0 bridgehead atoms. The largest absolute Gasteiger partial charge is 0.485 e. The Morgan fingerprint density at radius 1 is 1.38 bits per heavy atom. The molecule has 4 nitrogen and oxygen atoms in total. The predicted octanol–water partition coefficient (Wildman–Crippen LogP) is 1.66. The van der Waals surface area contributed by atoms with Crippen LogP contribution in [-0.2, 0) is 7.05 Å². The van der Waals surface area contributed by atoms with Gasteiger partial charge in [0.25, 0.3) is 0 Å². The number of rotatable bonds is 1. The van der Waals surface area contributed by atoms with E-state index in [1.807, 2.05) is 31.4 Å². The highest BCUT2D eigenvalue weighted by molar-refractivity contribution is 6.02. The molecule has 0 radical (unpaired) electrons. The number of carbonyl (C=O) groups excluding carboxylic acids is 1. The van der Waals surface area contributed by atoms with E-state index in [0.717, 1.165) is 11.1 Å². The molecule has 2 aromatic rings. The first-order valence-electron chi connectivity index (χ1n) is 5.03. The molecule has 0 saturated heterocycles. The first-order chi connectivity index (χ1) is 7.74. The first kappa shape index (κ1) is 9.15. The van der Waals surface area contributed by atoms with E-state index in [4.69, 9.17) is 4.74 Å². The van der Waals surface area contributed by atoms with E-state index in [9.17, 15) is 4.79 Å². The van der Waals surface area contributed by atoms with Crippen LogP contribution in [0.1, 0.15) is 10.4 Å². The maximum Gasteiger partial charge on any atom is 0.203 e. The van der Waals surface area contributed by atoms with E-state index in [1.54, 1.807) is 10.9 Å². The lowest BCUT2D eigenvalue weighted by Gasteiger charge is -2.00. The molecule has 0 unspecified atom stereocenters. The molecule has 0 saturated carbocycles. The molecule has 0 fully saturated rings. The third-order valence-corrected chi connectivity index (χ3v) is 2.68. The summed E-state index contributed by atoms with van der Waals surface area (Å²) in [5.41, 5.74) is 2.71. The number of fused-ring (bicyclic) bond motifs is 1. The summed E-state index contributed by atoms with van der Waals surface area (Å²) in [4.78, 5) is 11.4. The first-order valence-corrected chi connectivity index (χ1v) is 5.03. The van der Waals surface area contributed by atoms with Gasteiger partial charge in [-0.2, -0.15) is 5.10 Å². The van der Waals surface area contributed by atoms with Gasteiger partial charge in [0, 0.05) is 18.8 Å². The molecule has 0 aliphatic carbocycles. The highest BCUT2D eigenvalue weighted by atomic mass is 16.5. The van der Waals surface area contributed by atoms with Crippen molar-refractivity contribution in [1.82, 2.24) is 9.78 Å². The topological polar surface area (TPSA) is 44.1 Å². The van der Waals surface area contributed by atoms with Crippen LogP contribution >= 0.6 is 0 Å². The third kappa shape index (κ3) is 1.31. The van der Waals surface area contributed by atoms with E-state index in [0.29, 0.717) is 11.3 Å². The van der Waals surface area contributed by atoms with Crippen molar-refractivity contribution >= 4 is 5.78 Å². The molecular weight excluding hydrogens is 204 g/mol. The zero-order valence-electron chi connectivity index (χ0n) is 8.80. The van der Waals surface area contributed by atoms with Gasteiger partial charge in [-0.05, 0) is 17.7 Å². The fourth-order valence-corrected chi connectivity index (χ4v) is 1.84. The lowest BCUT2D eigenvalue weighted by atomic mass is 10.1. The van der Waals surface area contributed by atoms with Crippen LogP contribution in [0.15, 0.2) is 30.6 Å². The van der Waals surface area contributed by atoms with E-state index in [1.165, 1.54) is 0 Å². The van der Waals surface area contributed by atoms with Crippen molar-refractivity contribution in [2.24, 2.45) is 7.05 Å². The minimum atomic E-state index is 0.0488. The molecule has 0 atom stereocenters. The molecule has 1 aromatic heterocycles. The number of carbonyl (C=O) groups is 1. The summed E-state index contributed by atoms with van der Waals surface area (Å²) >= 11 is 0. The van der Waals surface area contributed by atoms with Gasteiger partial charge in [0.05, 0.1) is 11.8 Å². The molecule has 80 valence electrons. The van der Waals surface area contributed by atoms with Crippen molar-refractivity contribution in [3.8, 4) is 16.9 Å². The van der Waals surface area contributed by atoms with Crippen LogP contribution in [0.2, 0.25) is 0 Å². The van der Waals surface area contributed by atoms with Crippen LogP contribution in [0, 0.1) is 0 Å². The van der Waals surface area contributed by atoms with E-state index in [2.05, 4.69) is 5.10 Å². The second kappa shape index (κ2) is 3.20. The molecule has 0 spiro atoms. The predicted molar refractivity (Wildman–Crippen MR) is 58.5 cm³/mol. The molecule has 16 heavy (non-hydrogen) atoms. The van der Waals surface area contributed by atoms with Crippen molar-refractivity contribution in [2.75, 3.05) is 6.61 Å². The Hall–Kier alpha value is -2.10. The molecule has 2 heterocycles. The van der Waals surface area contributed by atoms with Gasteiger partial charge < -0.3 is 4.74 Å². The van der Waals surface area contributed by atoms with Gasteiger partial charge in [-0.15, -0.1) is 0 Å². The molecule has 0 N–H and O–H groups in total. The number of Topliss-reactive ketones (excluding diaryl/α,β-unsaturated/α-hetero) is 1. The maximum absolute atomic E-state index is 11.4. The van der Waals surface area contributed by atoms with Crippen molar-refractivity contribution in [3.05, 3.63) is 36.2 Å². The molecule has 1 aromatic carbocycles. The Kier molecular flexibility index (Phi) is 1.83. The van der Waals surface area contributed by atoms with E-state index < -0.39 is 0 Å². The molecule has 4 heteroatoms. The number of nitrogens with zero attached hydrogens (tertiary/aromatic N) is 2.